The third-order valence-electron chi connectivity index (χ3n) is 4.41. The number of hydrogen-bond donors (Lipinski definition) is 0. The zero-order valence-corrected chi connectivity index (χ0v) is 15.6. The summed E-state index contributed by atoms with van der Waals surface area (Å²) in [4.78, 5) is 0.561. The number of hydroxylamine groups is 1. The van der Waals surface area contributed by atoms with Crippen molar-refractivity contribution in [2.75, 3.05) is 6.54 Å². The molecule has 0 radical (unpaired) electrons. The van der Waals surface area contributed by atoms with Gasteiger partial charge in [-0.05, 0) is 18.1 Å². The SMILES string of the molecule is C=C[N+]([O-])=NCCCCCCCCCCCCCCCCCC. The molecule has 0 saturated carbocycles. The lowest BCUT2D eigenvalue weighted by atomic mass is 10.0. The molecule has 23 heavy (non-hydrogen) atoms. The molecule has 0 aromatic rings. The fourth-order valence-corrected chi connectivity index (χ4v) is 2.89. The minimum atomic E-state index is 0.561. The monoisotopic (exact) mass is 324 g/mol. The van der Waals surface area contributed by atoms with Gasteiger partial charge in [0.2, 0.25) is 6.20 Å². The van der Waals surface area contributed by atoms with Gasteiger partial charge in [0, 0.05) is 0 Å². The molecule has 0 unspecified atom stereocenters. The topological polar surface area (TPSA) is 38.4 Å². The van der Waals surface area contributed by atoms with Crippen molar-refractivity contribution in [1.82, 2.24) is 0 Å². The Morgan fingerprint density at radius 1 is 0.696 bits per heavy atom. The van der Waals surface area contributed by atoms with Crippen LogP contribution < -0.4 is 0 Å². The summed E-state index contributed by atoms with van der Waals surface area (Å²) in [5.74, 6) is 0. The summed E-state index contributed by atoms with van der Waals surface area (Å²) in [5.41, 5.74) is 0. The molecule has 0 aromatic carbocycles. The van der Waals surface area contributed by atoms with Crippen LogP contribution in [0.2, 0.25) is 0 Å². The fourth-order valence-electron chi connectivity index (χ4n) is 2.89. The van der Waals surface area contributed by atoms with E-state index in [0.29, 0.717) is 11.4 Å². The van der Waals surface area contributed by atoms with Crippen molar-refractivity contribution >= 4 is 0 Å². The van der Waals surface area contributed by atoms with Crippen LogP contribution >= 0.6 is 0 Å². The van der Waals surface area contributed by atoms with Gasteiger partial charge in [-0.1, -0.05) is 108 Å². The smallest absolute Gasteiger partial charge is 0.202 e. The van der Waals surface area contributed by atoms with Gasteiger partial charge in [-0.2, -0.15) is 0 Å². The molecule has 0 heterocycles. The number of unbranched alkanes of at least 4 members (excludes halogenated alkanes) is 15. The summed E-state index contributed by atoms with van der Waals surface area (Å²) in [6, 6.07) is 0. The van der Waals surface area contributed by atoms with Crippen molar-refractivity contribution in [3.05, 3.63) is 18.0 Å². The molecule has 3 heteroatoms. The molecular formula is C20H40N2O. The van der Waals surface area contributed by atoms with E-state index in [9.17, 15) is 5.21 Å². The largest absolute Gasteiger partial charge is 0.595 e. The van der Waals surface area contributed by atoms with E-state index in [1.165, 1.54) is 103 Å². The van der Waals surface area contributed by atoms with Crippen molar-refractivity contribution in [3.8, 4) is 0 Å². The maximum atomic E-state index is 10.8. The van der Waals surface area contributed by atoms with E-state index in [2.05, 4.69) is 18.6 Å². The molecule has 0 aliphatic carbocycles. The molecule has 0 aliphatic heterocycles. The van der Waals surface area contributed by atoms with Gasteiger partial charge in [-0.15, -0.1) is 0 Å². The first kappa shape index (κ1) is 22.1. The molecule has 0 bridgehead atoms. The van der Waals surface area contributed by atoms with Gasteiger partial charge < -0.3 is 5.21 Å². The number of rotatable bonds is 18. The average Bonchev–Trinajstić information content (AvgIpc) is 2.57. The zero-order valence-electron chi connectivity index (χ0n) is 15.6. The minimum Gasteiger partial charge on any atom is -0.595 e. The summed E-state index contributed by atoms with van der Waals surface area (Å²) >= 11 is 0. The molecule has 0 spiro atoms. The van der Waals surface area contributed by atoms with Gasteiger partial charge in [0.25, 0.3) is 0 Å². The normalized spacial score (nSPS) is 11.8. The maximum absolute atomic E-state index is 10.8. The predicted molar refractivity (Wildman–Crippen MR) is 101 cm³/mol. The van der Waals surface area contributed by atoms with Gasteiger partial charge in [0.05, 0.1) is 0 Å². The van der Waals surface area contributed by atoms with E-state index in [4.69, 9.17) is 0 Å². The lowest BCUT2D eigenvalue weighted by Gasteiger charge is -2.03. The Kier molecular flexibility index (Phi) is 18.5. The summed E-state index contributed by atoms with van der Waals surface area (Å²) in [6.07, 6.45) is 23.0. The second-order valence-corrected chi connectivity index (χ2v) is 6.65. The highest BCUT2D eigenvalue weighted by Gasteiger charge is 1.95. The van der Waals surface area contributed by atoms with Crippen LogP contribution in [0.15, 0.2) is 17.9 Å². The molecule has 3 nitrogen and oxygen atoms in total. The Hall–Kier alpha value is -0.860. The van der Waals surface area contributed by atoms with Gasteiger partial charge >= 0.3 is 0 Å². The van der Waals surface area contributed by atoms with E-state index in [0.717, 1.165) is 6.42 Å². The van der Waals surface area contributed by atoms with Gasteiger partial charge in [-0.3, -0.25) is 0 Å². The van der Waals surface area contributed by atoms with Crippen LogP contribution in [0.1, 0.15) is 110 Å². The minimum absolute atomic E-state index is 0.561. The Morgan fingerprint density at radius 3 is 1.39 bits per heavy atom. The highest BCUT2D eigenvalue weighted by Crippen LogP contribution is 2.13. The average molecular weight is 325 g/mol. The first-order valence-electron chi connectivity index (χ1n) is 10.1. The van der Waals surface area contributed by atoms with Crippen molar-refractivity contribution < 1.29 is 4.86 Å². The lowest BCUT2D eigenvalue weighted by molar-refractivity contribution is -0.458. The van der Waals surface area contributed by atoms with Gasteiger partial charge in [-0.25, -0.2) is 0 Å². The van der Waals surface area contributed by atoms with Crippen LogP contribution in [-0.2, 0) is 0 Å². The van der Waals surface area contributed by atoms with E-state index < -0.39 is 0 Å². The molecule has 0 atom stereocenters. The van der Waals surface area contributed by atoms with Crippen molar-refractivity contribution in [1.29, 1.82) is 0 Å². The predicted octanol–water partition coefficient (Wildman–Crippen LogP) is 7.35. The van der Waals surface area contributed by atoms with Crippen LogP contribution in [0.5, 0.6) is 0 Å². The third kappa shape index (κ3) is 19.1. The third-order valence-corrected chi connectivity index (χ3v) is 4.41. The second kappa shape index (κ2) is 19.2. The fraction of sp³-hybridized carbons (Fsp3) is 0.900. The van der Waals surface area contributed by atoms with Crippen LogP contribution in [0.25, 0.3) is 0 Å². The van der Waals surface area contributed by atoms with Crippen LogP contribution in [0.4, 0.5) is 0 Å². The van der Waals surface area contributed by atoms with Crippen LogP contribution in [0, 0.1) is 5.21 Å². The molecular weight excluding hydrogens is 284 g/mol. The molecule has 0 rings (SSSR count). The van der Waals surface area contributed by atoms with E-state index in [-0.39, 0.29) is 0 Å². The Labute approximate surface area is 144 Å². The Bertz CT molecular complexity index is 277. The highest BCUT2D eigenvalue weighted by atomic mass is 16.5. The standard InChI is InChI=1S/C20H40N2O/c1-3-5-6-7-8-9-10-11-12-13-14-15-16-17-18-19-20-21-22(23)4-2/h4H,2-3,5-20H2,1H3. The first-order chi connectivity index (χ1) is 11.3. The van der Waals surface area contributed by atoms with Crippen molar-refractivity contribution in [2.24, 2.45) is 5.11 Å². The van der Waals surface area contributed by atoms with Gasteiger partial charge in [0.1, 0.15) is 6.54 Å². The molecule has 0 aliphatic rings. The summed E-state index contributed by atoms with van der Waals surface area (Å²) < 4.78 is 0. The van der Waals surface area contributed by atoms with E-state index >= 15 is 0 Å². The molecule has 0 N–H and O–H groups in total. The number of hydrogen-bond acceptors (Lipinski definition) is 2. The lowest BCUT2D eigenvalue weighted by Crippen LogP contribution is -1.91. The van der Waals surface area contributed by atoms with E-state index in [1.807, 2.05) is 0 Å². The summed E-state index contributed by atoms with van der Waals surface area (Å²) in [5, 5.41) is 14.6. The zero-order chi connectivity index (χ0) is 17.0. The Balaban J connectivity index is 3.04. The summed E-state index contributed by atoms with van der Waals surface area (Å²) in [6.45, 7) is 6.29. The second-order valence-electron chi connectivity index (χ2n) is 6.65. The van der Waals surface area contributed by atoms with Crippen molar-refractivity contribution in [2.45, 2.75) is 110 Å². The molecule has 0 fully saturated rings. The van der Waals surface area contributed by atoms with Crippen molar-refractivity contribution in [3.63, 3.8) is 0 Å². The molecule has 0 aromatic heterocycles. The molecule has 0 amide bonds. The molecule has 136 valence electrons. The first-order valence-corrected chi connectivity index (χ1v) is 10.1. The van der Waals surface area contributed by atoms with E-state index in [1.54, 1.807) is 0 Å². The quantitative estimate of drug-likeness (QED) is 0.112. The van der Waals surface area contributed by atoms with Crippen LogP contribution in [-0.4, -0.2) is 11.4 Å². The number of azo groups is 1. The van der Waals surface area contributed by atoms with Gasteiger partial charge in [0.15, 0.2) is 0 Å². The highest BCUT2D eigenvalue weighted by molar-refractivity contribution is 4.50. The number of nitrogens with zero attached hydrogens (tertiary/aromatic N) is 2. The van der Waals surface area contributed by atoms with Crippen LogP contribution in [0.3, 0.4) is 0 Å². The Morgan fingerprint density at radius 2 is 1.04 bits per heavy atom. The maximum Gasteiger partial charge on any atom is 0.202 e. The molecule has 0 saturated heterocycles. The summed E-state index contributed by atoms with van der Waals surface area (Å²) in [7, 11) is 0.